The Labute approximate surface area is 107 Å². The van der Waals surface area contributed by atoms with Crippen LogP contribution >= 0.6 is 23.7 Å². The van der Waals surface area contributed by atoms with Gasteiger partial charge in [-0.3, -0.25) is 0 Å². The summed E-state index contributed by atoms with van der Waals surface area (Å²) >= 11 is 6.94. The fourth-order valence-electron chi connectivity index (χ4n) is 2.29. The average Bonchev–Trinajstić information content (AvgIpc) is 2.14. The van der Waals surface area contributed by atoms with E-state index in [0.717, 1.165) is 12.8 Å². The Morgan fingerprint density at radius 1 is 1.31 bits per heavy atom. The van der Waals surface area contributed by atoms with Gasteiger partial charge in [0.2, 0.25) is 0 Å². The zero-order chi connectivity index (χ0) is 12.4. The highest BCUT2D eigenvalue weighted by atomic mass is 35.5. The van der Waals surface area contributed by atoms with Crippen LogP contribution < -0.4 is 0 Å². The van der Waals surface area contributed by atoms with Gasteiger partial charge in [0.1, 0.15) is 0 Å². The van der Waals surface area contributed by atoms with E-state index >= 15 is 0 Å². The van der Waals surface area contributed by atoms with Crippen molar-refractivity contribution >= 4 is 29.0 Å². The predicted octanol–water partition coefficient (Wildman–Crippen LogP) is 4.11. The van der Waals surface area contributed by atoms with E-state index in [0.29, 0.717) is 0 Å². The third-order valence-electron chi connectivity index (χ3n) is 2.97. The van der Waals surface area contributed by atoms with Crippen molar-refractivity contribution in [3.8, 4) is 0 Å². The molecule has 1 fully saturated rings. The molecule has 0 amide bonds. The molecule has 90 valence electrons. The van der Waals surface area contributed by atoms with Gasteiger partial charge in [-0.1, -0.05) is 22.6 Å². The first-order valence-electron chi connectivity index (χ1n) is 5.38. The predicted molar refractivity (Wildman–Crippen MR) is 71.3 cm³/mol. The minimum Gasteiger partial charge on any atom is -0.350 e. The maximum Gasteiger partial charge on any atom is 0.350 e. The molecule has 0 radical (unpaired) electrons. The summed E-state index contributed by atoms with van der Waals surface area (Å²) in [5.41, 5.74) is 0.185. The lowest BCUT2D eigenvalue weighted by molar-refractivity contribution is 0.0678. The molecule has 1 heterocycles. The molecular formula is C11H18ClN3S. The number of rotatable bonds is 2. The lowest BCUT2D eigenvalue weighted by Gasteiger charge is -2.49. The van der Waals surface area contributed by atoms with Crippen LogP contribution in [0.5, 0.6) is 0 Å². The zero-order valence-corrected chi connectivity index (χ0v) is 11.8. The van der Waals surface area contributed by atoms with Crippen LogP contribution in [0.1, 0.15) is 47.0 Å². The minimum absolute atomic E-state index is 0.0119. The average molecular weight is 260 g/mol. The van der Waals surface area contributed by atoms with E-state index in [1.807, 2.05) is 0 Å². The van der Waals surface area contributed by atoms with Crippen molar-refractivity contribution in [1.82, 2.24) is 4.31 Å². The van der Waals surface area contributed by atoms with Crippen molar-refractivity contribution in [2.45, 2.75) is 58.0 Å². The van der Waals surface area contributed by atoms with Crippen LogP contribution in [0.15, 0.2) is 4.40 Å². The van der Waals surface area contributed by atoms with Gasteiger partial charge in [0, 0.05) is 11.1 Å². The summed E-state index contributed by atoms with van der Waals surface area (Å²) in [5, 5.41) is -0.0119. The molecule has 0 saturated carbocycles. The molecule has 0 aromatic heterocycles. The quantitative estimate of drug-likeness (QED) is 0.245. The Bertz CT molecular complexity index is 315. The second-order valence-corrected chi connectivity index (χ2v) is 6.38. The van der Waals surface area contributed by atoms with E-state index in [-0.39, 0.29) is 16.4 Å². The molecule has 0 unspecified atom stereocenters. The van der Waals surface area contributed by atoms with Crippen LogP contribution in [0.4, 0.5) is 0 Å². The molecule has 1 rings (SSSR count). The summed E-state index contributed by atoms with van der Waals surface area (Å²) in [5.74, 6) is 0. The minimum atomic E-state index is -0.0119. The topological polar surface area (TPSA) is 20.0 Å². The van der Waals surface area contributed by atoms with Crippen molar-refractivity contribution in [2.24, 2.45) is 4.40 Å². The molecule has 0 aromatic carbocycles. The van der Waals surface area contributed by atoms with Gasteiger partial charge in [0.05, 0.1) is 0 Å². The van der Waals surface area contributed by atoms with Crippen molar-refractivity contribution in [3.63, 3.8) is 0 Å². The third kappa shape index (κ3) is 3.13. The summed E-state index contributed by atoms with van der Waals surface area (Å²) in [6.45, 7) is 15.6. The van der Waals surface area contributed by atoms with Crippen LogP contribution in [-0.2, 0) is 0 Å². The fraction of sp³-hybridized carbons (Fsp3) is 0.818. The van der Waals surface area contributed by atoms with Gasteiger partial charge in [0.15, 0.2) is 12.1 Å². The van der Waals surface area contributed by atoms with E-state index in [4.69, 9.17) is 18.2 Å². The second-order valence-electron chi connectivity index (χ2n) is 5.33. The highest BCUT2D eigenvalue weighted by Crippen LogP contribution is 2.43. The van der Waals surface area contributed by atoms with Gasteiger partial charge in [-0.05, 0) is 47.0 Å². The van der Waals surface area contributed by atoms with Gasteiger partial charge < -0.3 is 4.85 Å². The van der Waals surface area contributed by atoms with E-state index in [2.05, 4.69) is 41.2 Å². The van der Waals surface area contributed by atoms with E-state index < -0.39 is 0 Å². The van der Waals surface area contributed by atoms with Crippen molar-refractivity contribution in [3.05, 3.63) is 11.4 Å². The van der Waals surface area contributed by atoms with Crippen LogP contribution in [0.2, 0.25) is 0 Å². The van der Waals surface area contributed by atoms with Gasteiger partial charge in [-0.15, -0.1) is 0 Å². The standard InChI is InChI=1S/C11H18ClN3S/c1-10(2)7-6-8-11(3,4)15(10)16-14-9(12)13-5/h6-8H2,1-4H3. The molecule has 0 N–H and O–H groups in total. The fourth-order valence-corrected chi connectivity index (χ4v) is 3.20. The Morgan fingerprint density at radius 2 is 1.81 bits per heavy atom. The molecule has 0 aromatic rings. The van der Waals surface area contributed by atoms with Gasteiger partial charge in [-0.25, -0.2) is 0 Å². The molecule has 1 aliphatic heterocycles. The number of nitrogens with zero attached hydrogens (tertiary/aromatic N) is 3. The van der Waals surface area contributed by atoms with Gasteiger partial charge in [0.25, 0.3) is 0 Å². The third-order valence-corrected chi connectivity index (χ3v) is 4.64. The molecule has 0 spiro atoms. The van der Waals surface area contributed by atoms with Crippen molar-refractivity contribution in [2.75, 3.05) is 0 Å². The number of hydrogen-bond acceptors (Lipinski definition) is 3. The summed E-state index contributed by atoms with van der Waals surface area (Å²) in [7, 11) is 0. The Morgan fingerprint density at radius 3 is 2.25 bits per heavy atom. The summed E-state index contributed by atoms with van der Waals surface area (Å²) < 4.78 is 6.29. The summed E-state index contributed by atoms with van der Waals surface area (Å²) in [4.78, 5) is 3.09. The van der Waals surface area contributed by atoms with E-state index in [9.17, 15) is 0 Å². The highest BCUT2D eigenvalue weighted by Gasteiger charge is 2.43. The lowest BCUT2D eigenvalue weighted by atomic mass is 9.83. The summed E-state index contributed by atoms with van der Waals surface area (Å²) in [6.07, 6.45) is 3.53. The lowest BCUT2D eigenvalue weighted by Crippen LogP contribution is -2.54. The molecular weight excluding hydrogens is 242 g/mol. The molecule has 0 aliphatic carbocycles. The number of piperidine rings is 1. The second kappa shape index (κ2) is 4.95. The smallest absolute Gasteiger partial charge is 0.350 e. The van der Waals surface area contributed by atoms with Crippen molar-refractivity contribution in [1.29, 1.82) is 0 Å². The first-order chi connectivity index (χ1) is 7.29. The molecule has 3 nitrogen and oxygen atoms in total. The normalized spacial score (nSPS) is 25.1. The molecule has 16 heavy (non-hydrogen) atoms. The number of hydrogen-bond donors (Lipinski definition) is 0. The maximum atomic E-state index is 6.75. The first kappa shape index (κ1) is 13.8. The van der Waals surface area contributed by atoms with Crippen molar-refractivity contribution < 1.29 is 0 Å². The molecule has 5 heteroatoms. The van der Waals surface area contributed by atoms with E-state index in [1.165, 1.54) is 18.6 Å². The van der Waals surface area contributed by atoms with Crippen LogP contribution in [0, 0.1) is 6.57 Å². The zero-order valence-electron chi connectivity index (χ0n) is 10.2. The van der Waals surface area contributed by atoms with E-state index in [1.54, 1.807) is 0 Å². The Kier molecular flexibility index (Phi) is 4.28. The van der Waals surface area contributed by atoms with Gasteiger partial charge >= 0.3 is 5.29 Å². The monoisotopic (exact) mass is 259 g/mol. The maximum absolute atomic E-state index is 6.75. The molecule has 0 bridgehead atoms. The van der Waals surface area contributed by atoms with Crippen LogP contribution in [-0.4, -0.2) is 20.7 Å². The van der Waals surface area contributed by atoms with Gasteiger partial charge in [-0.2, -0.15) is 4.31 Å². The number of halogens is 1. The number of amidine groups is 1. The summed E-state index contributed by atoms with van der Waals surface area (Å²) in [6, 6.07) is 0. The molecule has 1 aliphatic rings. The largest absolute Gasteiger partial charge is 0.350 e. The SMILES string of the molecule is [C-]#[N+]C(Cl)=NSN1C(C)(C)CCCC1(C)C. The Hall–Kier alpha value is -0.240. The molecule has 0 atom stereocenters. The first-order valence-corrected chi connectivity index (χ1v) is 6.49. The van der Waals surface area contributed by atoms with Crippen LogP contribution in [0.3, 0.4) is 0 Å². The molecule has 1 saturated heterocycles. The van der Waals surface area contributed by atoms with Crippen LogP contribution in [0.25, 0.3) is 4.85 Å². The Balaban J connectivity index is 2.84. The highest BCUT2D eigenvalue weighted by molar-refractivity contribution is 7.96.